The monoisotopic (exact) mass is 542 g/mol. The van der Waals surface area contributed by atoms with E-state index in [1.807, 2.05) is 6.92 Å². The maximum absolute atomic E-state index is 13.3. The lowest BCUT2D eigenvalue weighted by Gasteiger charge is -2.23. The van der Waals surface area contributed by atoms with Gasteiger partial charge in [-0.25, -0.2) is 9.79 Å². The van der Waals surface area contributed by atoms with Crippen molar-refractivity contribution in [2.45, 2.75) is 19.9 Å². The van der Waals surface area contributed by atoms with E-state index < -0.39 is 12.0 Å². The Morgan fingerprint density at radius 3 is 2.37 bits per heavy atom. The molecule has 200 valence electrons. The highest BCUT2D eigenvalue weighted by Gasteiger charge is 2.17. The van der Waals surface area contributed by atoms with E-state index in [1.54, 1.807) is 55.6 Å². The number of nitrogens with one attached hydrogen (secondary N) is 1. The standard InChI is InChI=1S/C25H25ClFN5O3.CH3NO/c1-3-15-31(2)25(34)30-24(32(17-33)16-18-7-9-19(26)10-8-18)28-20-11-13-21(14-12-20)35-23-6-4-5-22(27)29-23;2-1-3/h4-14,17H,3,15-16H2,1-2H3,(H,28,30,34);1H,(H2,2,3). The quantitative estimate of drug-likeness (QED) is 0.188. The van der Waals surface area contributed by atoms with Gasteiger partial charge in [-0.1, -0.05) is 36.7 Å². The van der Waals surface area contributed by atoms with Gasteiger partial charge in [0.15, 0.2) is 0 Å². The average Bonchev–Trinajstić information content (AvgIpc) is 2.89. The van der Waals surface area contributed by atoms with Gasteiger partial charge in [-0.15, -0.1) is 0 Å². The molecule has 12 heteroatoms. The molecule has 0 aliphatic rings. The number of aliphatic imine (C=N–C) groups is 1. The lowest BCUT2D eigenvalue weighted by Crippen LogP contribution is -2.47. The smallest absolute Gasteiger partial charge is 0.323 e. The van der Waals surface area contributed by atoms with Crippen molar-refractivity contribution in [3.05, 3.63) is 83.3 Å². The fourth-order valence-electron chi connectivity index (χ4n) is 3.02. The van der Waals surface area contributed by atoms with Crippen LogP contribution in [-0.4, -0.2) is 53.2 Å². The Balaban J connectivity index is 0.00000161. The third-order valence-electron chi connectivity index (χ3n) is 4.77. The molecule has 3 aromatic rings. The van der Waals surface area contributed by atoms with Crippen molar-refractivity contribution in [2.75, 3.05) is 13.6 Å². The molecule has 0 fully saturated rings. The molecule has 0 saturated heterocycles. The molecule has 3 N–H and O–H groups in total. The number of carbonyl (C=O) groups is 3. The fraction of sp³-hybridized carbons (Fsp3) is 0.192. The number of primary amides is 1. The minimum atomic E-state index is -0.646. The van der Waals surface area contributed by atoms with Gasteiger partial charge >= 0.3 is 6.03 Å². The number of benzene rings is 2. The number of pyridine rings is 1. The van der Waals surface area contributed by atoms with Gasteiger partial charge in [-0.3, -0.25) is 19.8 Å². The number of urea groups is 1. The van der Waals surface area contributed by atoms with E-state index in [0.29, 0.717) is 29.4 Å². The Bertz CT molecular complexity index is 1230. The first-order chi connectivity index (χ1) is 18.3. The van der Waals surface area contributed by atoms with Gasteiger partial charge in [0.05, 0.1) is 12.2 Å². The molecule has 0 bridgehead atoms. The number of guanidine groups is 1. The van der Waals surface area contributed by atoms with Gasteiger partial charge in [0.2, 0.25) is 30.6 Å². The molecule has 0 atom stereocenters. The van der Waals surface area contributed by atoms with Crippen LogP contribution < -0.4 is 15.8 Å². The molecule has 0 spiro atoms. The van der Waals surface area contributed by atoms with Gasteiger partial charge < -0.3 is 15.4 Å². The van der Waals surface area contributed by atoms with Crippen LogP contribution in [0.5, 0.6) is 11.6 Å². The Kier molecular flexibility index (Phi) is 12.2. The summed E-state index contributed by atoms with van der Waals surface area (Å²) >= 11 is 5.95. The van der Waals surface area contributed by atoms with Crippen molar-refractivity contribution in [2.24, 2.45) is 10.7 Å². The van der Waals surface area contributed by atoms with Crippen molar-refractivity contribution >= 4 is 42.1 Å². The lowest BCUT2D eigenvalue weighted by molar-refractivity contribution is -0.115. The van der Waals surface area contributed by atoms with Crippen molar-refractivity contribution in [3.8, 4) is 11.6 Å². The molecule has 38 heavy (non-hydrogen) atoms. The molecule has 1 heterocycles. The maximum Gasteiger partial charge on any atom is 0.323 e. The Labute approximate surface area is 224 Å². The topological polar surface area (TPSA) is 130 Å². The number of rotatable bonds is 8. The summed E-state index contributed by atoms with van der Waals surface area (Å²) in [4.78, 5) is 44.1. The van der Waals surface area contributed by atoms with E-state index in [4.69, 9.17) is 21.1 Å². The largest absolute Gasteiger partial charge is 0.439 e. The third-order valence-corrected chi connectivity index (χ3v) is 5.03. The predicted molar refractivity (Wildman–Crippen MR) is 143 cm³/mol. The number of nitrogens with two attached hydrogens (primary N) is 1. The molecule has 0 aliphatic heterocycles. The predicted octanol–water partition coefficient (Wildman–Crippen LogP) is 4.47. The first kappa shape index (κ1) is 29.7. The van der Waals surface area contributed by atoms with Crippen LogP contribution >= 0.6 is 11.6 Å². The highest BCUT2D eigenvalue weighted by molar-refractivity contribution is 6.30. The van der Waals surface area contributed by atoms with Crippen LogP contribution in [0.1, 0.15) is 18.9 Å². The summed E-state index contributed by atoms with van der Waals surface area (Å²) in [6.07, 6.45) is 1.63. The third kappa shape index (κ3) is 9.86. The summed E-state index contributed by atoms with van der Waals surface area (Å²) in [6.45, 7) is 2.67. The molecule has 4 amide bonds. The van der Waals surface area contributed by atoms with Gasteiger partial charge in [0.1, 0.15) is 5.75 Å². The number of amides is 4. The highest BCUT2D eigenvalue weighted by atomic mass is 35.5. The van der Waals surface area contributed by atoms with Crippen LogP contribution in [0.3, 0.4) is 0 Å². The Morgan fingerprint density at radius 2 is 1.79 bits per heavy atom. The second-order valence-corrected chi connectivity index (χ2v) is 8.11. The van der Waals surface area contributed by atoms with E-state index in [-0.39, 0.29) is 24.8 Å². The minimum Gasteiger partial charge on any atom is -0.439 e. The number of halogens is 2. The summed E-state index contributed by atoms with van der Waals surface area (Å²) < 4.78 is 18.8. The molecule has 2 aromatic carbocycles. The van der Waals surface area contributed by atoms with Gasteiger partial charge in [0.25, 0.3) is 0 Å². The lowest BCUT2D eigenvalue weighted by atomic mass is 10.2. The number of hydrogen-bond acceptors (Lipinski definition) is 6. The van der Waals surface area contributed by atoms with Crippen LogP contribution in [0.15, 0.2) is 71.7 Å². The summed E-state index contributed by atoms with van der Waals surface area (Å²) in [5.41, 5.74) is 5.43. The van der Waals surface area contributed by atoms with Crippen molar-refractivity contribution < 1.29 is 23.5 Å². The van der Waals surface area contributed by atoms with Gasteiger partial charge in [0, 0.05) is 24.7 Å². The first-order valence-electron chi connectivity index (χ1n) is 11.4. The molecular weight excluding hydrogens is 515 g/mol. The maximum atomic E-state index is 13.3. The number of ether oxygens (including phenoxy) is 1. The molecule has 0 saturated carbocycles. The van der Waals surface area contributed by atoms with E-state index in [2.05, 4.69) is 21.0 Å². The van der Waals surface area contributed by atoms with E-state index in [0.717, 1.165) is 12.0 Å². The summed E-state index contributed by atoms with van der Waals surface area (Å²) in [7, 11) is 1.66. The molecule has 10 nitrogen and oxygen atoms in total. The van der Waals surface area contributed by atoms with Crippen LogP contribution in [0.25, 0.3) is 0 Å². The Morgan fingerprint density at radius 1 is 1.13 bits per heavy atom. The normalized spacial score (nSPS) is 10.5. The second kappa shape index (κ2) is 15.6. The zero-order valence-electron chi connectivity index (χ0n) is 20.9. The summed E-state index contributed by atoms with van der Waals surface area (Å²) in [5.74, 6) is -0.0536. The summed E-state index contributed by atoms with van der Waals surface area (Å²) in [5, 5.41) is 3.29. The number of hydrogen-bond donors (Lipinski definition) is 2. The van der Waals surface area contributed by atoms with Crippen LogP contribution in [-0.2, 0) is 16.1 Å². The van der Waals surface area contributed by atoms with Crippen LogP contribution in [0.2, 0.25) is 5.02 Å². The molecule has 0 radical (unpaired) electrons. The zero-order chi connectivity index (χ0) is 27.9. The number of carbonyl (C=O) groups excluding carboxylic acids is 3. The average molecular weight is 543 g/mol. The summed E-state index contributed by atoms with van der Waals surface area (Å²) in [6, 6.07) is 17.4. The van der Waals surface area contributed by atoms with Gasteiger partial charge in [-0.05, 0) is 54.4 Å². The van der Waals surface area contributed by atoms with E-state index in [1.165, 1.54) is 28.0 Å². The minimum absolute atomic E-state index is 0.0587. The molecule has 1 aromatic heterocycles. The van der Waals surface area contributed by atoms with Crippen molar-refractivity contribution in [1.29, 1.82) is 0 Å². The molecule has 0 aliphatic carbocycles. The molecule has 0 unspecified atom stereocenters. The van der Waals surface area contributed by atoms with Gasteiger partial charge in [-0.2, -0.15) is 9.37 Å². The number of aromatic nitrogens is 1. The van der Waals surface area contributed by atoms with Crippen molar-refractivity contribution in [3.63, 3.8) is 0 Å². The Hall–Kier alpha value is -4.51. The zero-order valence-corrected chi connectivity index (χ0v) is 21.6. The fourth-order valence-corrected chi connectivity index (χ4v) is 3.14. The molecule has 3 rings (SSSR count). The van der Waals surface area contributed by atoms with E-state index in [9.17, 15) is 14.0 Å². The van der Waals surface area contributed by atoms with Crippen molar-refractivity contribution in [1.82, 2.24) is 20.1 Å². The second-order valence-electron chi connectivity index (χ2n) is 7.68. The van der Waals surface area contributed by atoms with Crippen LogP contribution in [0, 0.1) is 5.95 Å². The number of nitrogens with zero attached hydrogens (tertiary/aromatic N) is 4. The van der Waals surface area contributed by atoms with Crippen LogP contribution in [0.4, 0.5) is 14.9 Å². The van der Waals surface area contributed by atoms with E-state index >= 15 is 0 Å². The molecular formula is C26H28ClFN6O4. The first-order valence-corrected chi connectivity index (χ1v) is 11.8. The highest BCUT2D eigenvalue weighted by Crippen LogP contribution is 2.23. The SMILES string of the molecule is CCCN(C)C(=O)NC(=Nc1ccc(Oc2cccc(F)n2)cc1)N(C=O)Cc1ccc(Cl)cc1.NC=O.